The summed E-state index contributed by atoms with van der Waals surface area (Å²) in [4.78, 5) is 4.60. The first-order valence-corrected chi connectivity index (χ1v) is 9.98. The minimum absolute atomic E-state index is 0.366. The number of hydrogen-bond acceptors (Lipinski definition) is 3. The van der Waals surface area contributed by atoms with Crippen molar-refractivity contribution in [2.45, 2.75) is 26.4 Å². The van der Waals surface area contributed by atoms with Crippen LogP contribution in [0.1, 0.15) is 20.8 Å². The minimum atomic E-state index is -3.06. The Labute approximate surface area is 149 Å². The van der Waals surface area contributed by atoms with Gasteiger partial charge in [-0.3, -0.25) is 0 Å². The number of rotatable bonds is 4. The lowest BCUT2D eigenvalue weighted by molar-refractivity contribution is 0.124. The molecule has 0 N–H and O–H groups in total. The van der Waals surface area contributed by atoms with Crippen molar-refractivity contribution in [2.24, 2.45) is 0 Å². The van der Waals surface area contributed by atoms with Crippen molar-refractivity contribution in [3.63, 3.8) is 0 Å². The summed E-state index contributed by atoms with van der Waals surface area (Å²) in [5.74, 6) is 0.483. The summed E-state index contributed by atoms with van der Waals surface area (Å²) in [7, 11) is -3.06. The van der Waals surface area contributed by atoms with E-state index in [2.05, 4.69) is 4.98 Å². The van der Waals surface area contributed by atoms with Crippen LogP contribution in [0.3, 0.4) is 0 Å². The highest BCUT2D eigenvalue weighted by atomic mass is 31.2. The Morgan fingerprint density at radius 1 is 0.760 bits per heavy atom. The number of aromatic nitrogens is 1. The molecule has 0 aliphatic carbocycles. The first-order valence-electron chi connectivity index (χ1n) is 8.27. The Kier molecular flexibility index (Phi) is 4.78. The van der Waals surface area contributed by atoms with Crippen LogP contribution >= 0.6 is 7.14 Å². The number of pyridine rings is 1. The molecule has 0 bridgehead atoms. The molecule has 3 rings (SSSR count). The third kappa shape index (κ3) is 3.83. The Bertz CT molecular complexity index is 843. The average molecular weight is 351 g/mol. The molecule has 4 heteroatoms. The summed E-state index contributed by atoms with van der Waals surface area (Å²) in [5.41, 5.74) is 0.168. The Balaban J connectivity index is 2.17. The molecule has 25 heavy (non-hydrogen) atoms. The number of hydrogen-bond donors (Lipinski definition) is 0. The van der Waals surface area contributed by atoms with Gasteiger partial charge in [0.1, 0.15) is 11.0 Å². The molecule has 3 aromatic rings. The van der Waals surface area contributed by atoms with Gasteiger partial charge < -0.3 is 9.30 Å². The Morgan fingerprint density at radius 2 is 1.28 bits per heavy atom. The molecular weight excluding hydrogens is 329 g/mol. The van der Waals surface area contributed by atoms with Gasteiger partial charge in [0.15, 0.2) is 7.14 Å². The summed E-state index contributed by atoms with van der Waals surface area (Å²) < 4.78 is 20.1. The molecule has 0 atom stereocenters. The first-order chi connectivity index (χ1) is 11.9. The van der Waals surface area contributed by atoms with Gasteiger partial charge in [0.2, 0.25) is 5.88 Å². The molecule has 0 radical (unpaired) electrons. The summed E-state index contributed by atoms with van der Waals surface area (Å²) in [5, 5.41) is 1.53. The van der Waals surface area contributed by atoms with Crippen molar-refractivity contribution < 1.29 is 9.30 Å². The van der Waals surface area contributed by atoms with Crippen LogP contribution in [0.2, 0.25) is 0 Å². The molecule has 1 aromatic heterocycles. The maximum absolute atomic E-state index is 14.2. The molecule has 128 valence electrons. The Hall–Kier alpha value is -2.38. The molecule has 0 aliphatic rings. The predicted molar refractivity (Wildman–Crippen MR) is 104 cm³/mol. The molecule has 0 aliphatic heterocycles. The predicted octanol–water partition coefficient (Wildman–Crippen LogP) is 3.90. The van der Waals surface area contributed by atoms with E-state index in [4.69, 9.17) is 4.74 Å². The lowest BCUT2D eigenvalue weighted by atomic mass is 10.2. The normalized spacial score (nSPS) is 12.0. The van der Waals surface area contributed by atoms with E-state index in [0.29, 0.717) is 11.3 Å². The summed E-state index contributed by atoms with van der Waals surface area (Å²) >= 11 is 0. The lowest BCUT2D eigenvalue weighted by Gasteiger charge is -2.23. The summed E-state index contributed by atoms with van der Waals surface area (Å²) in [6, 6.07) is 24.5. The number of benzene rings is 2. The maximum atomic E-state index is 14.2. The van der Waals surface area contributed by atoms with Gasteiger partial charge in [-0.1, -0.05) is 66.7 Å². The zero-order chi connectivity index (χ0) is 17.9. The highest BCUT2D eigenvalue weighted by molar-refractivity contribution is 7.85. The molecule has 0 fully saturated rings. The second-order valence-corrected chi connectivity index (χ2v) is 9.54. The molecule has 3 nitrogen and oxygen atoms in total. The van der Waals surface area contributed by atoms with Crippen molar-refractivity contribution >= 4 is 23.2 Å². The maximum Gasteiger partial charge on any atom is 0.214 e. The SMILES string of the molecule is CC(C)(C)Oc1cccc(P(=O)(c2ccccc2)c2ccccc2)n1. The largest absolute Gasteiger partial charge is 0.472 e. The zero-order valence-electron chi connectivity index (χ0n) is 14.7. The van der Waals surface area contributed by atoms with Crippen molar-refractivity contribution in [1.29, 1.82) is 0 Å². The van der Waals surface area contributed by atoms with E-state index in [1.54, 1.807) is 6.07 Å². The van der Waals surface area contributed by atoms with Crippen LogP contribution in [-0.2, 0) is 4.57 Å². The average Bonchev–Trinajstić information content (AvgIpc) is 2.61. The van der Waals surface area contributed by atoms with Gasteiger partial charge in [0.25, 0.3) is 0 Å². The monoisotopic (exact) mass is 351 g/mol. The van der Waals surface area contributed by atoms with Crippen molar-refractivity contribution in [3.05, 3.63) is 78.9 Å². The molecule has 0 unspecified atom stereocenters. The lowest BCUT2D eigenvalue weighted by Crippen LogP contribution is -2.29. The minimum Gasteiger partial charge on any atom is -0.472 e. The van der Waals surface area contributed by atoms with E-state index < -0.39 is 7.14 Å². The molecule has 0 amide bonds. The third-order valence-electron chi connectivity index (χ3n) is 3.68. The number of ether oxygens (including phenoxy) is 1. The molecule has 2 aromatic carbocycles. The van der Waals surface area contributed by atoms with Crippen LogP contribution in [0, 0.1) is 0 Å². The van der Waals surface area contributed by atoms with Gasteiger partial charge in [0.05, 0.1) is 0 Å². The molecular formula is C21H22NO2P. The standard InChI is InChI=1S/C21H22NO2P/c1-21(2,3)24-19-15-10-16-20(22-19)25(23,17-11-6-4-7-12-17)18-13-8-5-9-14-18/h4-16H,1-3H3. The molecule has 0 saturated carbocycles. The highest BCUT2D eigenvalue weighted by Gasteiger charge is 2.31. The highest BCUT2D eigenvalue weighted by Crippen LogP contribution is 2.41. The van der Waals surface area contributed by atoms with Gasteiger partial charge >= 0.3 is 0 Å². The molecule has 0 saturated heterocycles. The van der Waals surface area contributed by atoms with Gasteiger partial charge in [-0.2, -0.15) is 0 Å². The van der Waals surface area contributed by atoms with Crippen molar-refractivity contribution in [1.82, 2.24) is 4.98 Å². The van der Waals surface area contributed by atoms with Gasteiger partial charge in [0, 0.05) is 16.7 Å². The fourth-order valence-corrected chi connectivity index (χ4v) is 5.19. The van der Waals surface area contributed by atoms with Gasteiger partial charge in [-0.05, 0) is 26.8 Å². The summed E-state index contributed by atoms with van der Waals surface area (Å²) in [6.07, 6.45) is 0. The van der Waals surface area contributed by atoms with Crippen LogP contribution in [0.15, 0.2) is 78.9 Å². The second-order valence-electron chi connectivity index (χ2n) is 6.83. The van der Waals surface area contributed by atoms with Crippen molar-refractivity contribution in [3.8, 4) is 5.88 Å². The fourth-order valence-electron chi connectivity index (χ4n) is 2.64. The first kappa shape index (κ1) is 17.4. The second kappa shape index (κ2) is 6.85. The van der Waals surface area contributed by atoms with Crippen LogP contribution in [0.4, 0.5) is 0 Å². The smallest absolute Gasteiger partial charge is 0.214 e. The quantitative estimate of drug-likeness (QED) is 0.669. The number of nitrogens with zero attached hydrogens (tertiary/aromatic N) is 1. The molecule has 0 spiro atoms. The summed E-state index contributed by atoms with van der Waals surface area (Å²) in [6.45, 7) is 5.90. The Morgan fingerprint density at radius 3 is 1.76 bits per heavy atom. The van der Waals surface area contributed by atoms with Crippen molar-refractivity contribution in [2.75, 3.05) is 0 Å². The molecule has 1 heterocycles. The van der Waals surface area contributed by atoms with Gasteiger partial charge in [-0.15, -0.1) is 0 Å². The van der Waals surface area contributed by atoms with Crippen LogP contribution in [0.25, 0.3) is 0 Å². The fraction of sp³-hybridized carbons (Fsp3) is 0.190. The third-order valence-corrected chi connectivity index (χ3v) is 6.63. The topological polar surface area (TPSA) is 39.2 Å². The van der Waals surface area contributed by atoms with Crippen LogP contribution in [-0.4, -0.2) is 10.6 Å². The van der Waals surface area contributed by atoms with E-state index in [1.165, 1.54) is 0 Å². The van der Waals surface area contributed by atoms with E-state index in [1.807, 2.05) is 93.6 Å². The van der Waals surface area contributed by atoms with Gasteiger partial charge in [-0.25, -0.2) is 4.98 Å². The van der Waals surface area contributed by atoms with E-state index in [-0.39, 0.29) is 5.60 Å². The zero-order valence-corrected chi connectivity index (χ0v) is 15.6. The van der Waals surface area contributed by atoms with Crippen LogP contribution in [0.5, 0.6) is 5.88 Å². The van der Waals surface area contributed by atoms with E-state index in [0.717, 1.165) is 10.6 Å². The van der Waals surface area contributed by atoms with E-state index in [9.17, 15) is 4.57 Å². The van der Waals surface area contributed by atoms with E-state index >= 15 is 0 Å². The van der Waals surface area contributed by atoms with Crippen LogP contribution < -0.4 is 20.8 Å².